The molecule has 0 N–H and O–H groups in total. The number of hydrogen-bond acceptors (Lipinski definition) is 2. The van der Waals surface area contributed by atoms with Gasteiger partial charge in [-0.25, -0.2) is 0 Å². The van der Waals surface area contributed by atoms with E-state index in [1.54, 1.807) is 0 Å². The molecule has 4 heteroatoms. The first kappa shape index (κ1) is 20.0. The molecule has 0 unspecified atom stereocenters. The highest BCUT2D eigenvalue weighted by atomic mass is 16.3. The molecular weight excluding hydrogens is 454 g/mol. The first-order valence-electron chi connectivity index (χ1n) is 12.3. The van der Waals surface area contributed by atoms with Crippen LogP contribution in [0.1, 0.15) is 5.56 Å². The largest absolute Gasteiger partial charge is 0.439 e. The maximum atomic E-state index is 10.6. The van der Waals surface area contributed by atoms with E-state index in [1.165, 1.54) is 10.8 Å². The second kappa shape index (κ2) is 7.36. The van der Waals surface area contributed by atoms with Crippen molar-refractivity contribution < 1.29 is 4.42 Å². The molecule has 0 aliphatic rings. The summed E-state index contributed by atoms with van der Waals surface area (Å²) in [5, 5.41) is 16.2. The molecule has 3 aromatic heterocycles. The van der Waals surface area contributed by atoms with Crippen LogP contribution in [0.25, 0.3) is 66.2 Å². The normalized spacial score (nSPS) is 11.8. The monoisotopic (exact) mass is 473 g/mol. The number of fused-ring (bicyclic) bond motifs is 8. The lowest BCUT2D eigenvalue weighted by molar-refractivity contribution is 0.645. The lowest BCUT2D eigenvalue weighted by atomic mass is 10.1. The minimum Gasteiger partial charge on any atom is -0.439 e. The molecule has 172 valence electrons. The molecule has 0 amide bonds. The Balaban J connectivity index is 1.52. The summed E-state index contributed by atoms with van der Waals surface area (Å²) in [5.41, 5.74) is 6.98. The van der Waals surface area contributed by atoms with Crippen molar-refractivity contribution in [3.8, 4) is 17.4 Å². The molecule has 0 atom stereocenters. The molecule has 8 rings (SSSR count). The van der Waals surface area contributed by atoms with Gasteiger partial charge in [-0.05, 0) is 36.4 Å². The molecule has 0 aliphatic heterocycles. The summed E-state index contributed by atoms with van der Waals surface area (Å²) in [5.74, 6) is 0. The molecule has 0 saturated carbocycles. The summed E-state index contributed by atoms with van der Waals surface area (Å²) >= 11 is 0. The number of rotatable bonds is 2. The zero-order valence-corrected chi connectivity index (χ0v) is 19.7. The highest BCUT2D eigenvalue weighted by molar-refractivity contribution is 6.20. The Morgan fingerprint density at radius 2 is 1.03 bits per heavy atom. The van der Waals surface area contributed by atoms with Gasteiger partial charge in [-0.15, -0.1) is 0 Å². The maximum absolute atomic E-state index is 10.6. The van der Waals surface area contributed by atoms with Gasteiger partial charge in [0.05, 0.1) is 33.3 Å². The summed E-state index contributed by atoms with van der Waals surface area (Å²) in [6, 6.07) is 41.7. The van der Waals surface area contributed by atoms with Gasteiger partial charge in [-0.1, -0.05) is 78.9 Å². The van der Waals surface area contributed by atoms with E-state index in [1.807, 2.05) is 60.7 Å². The predicted octanol–water partition coefficient (Wildman–Crippen LogP) is 8.50. The summed E-state index contributed by atoms with van der Waals surface area (Å²) in [7, 11) is 0. The predicted molar refractivity (Wildman–Crippen MR) is 150 cm³/mol. The average molecular weight is 474 g/mol. The second-order valence-electron chi connectivity index (χ2n) is 9.28. The molecule has 3 heterocycles. The van der Waals surface area contributed by atoms with Crippen LogP contribution in [0, 0.1) is 11.3 Å². The standard InChI is InChI=1S/C33H19N3O/c34-20-25-29(35-26-14-5-1-10-21(26)22-11-2-6-15-27(22)35)17-9-18-30(25)36-28-16-7-3-12-23(28)32-24-13-4-8-19-31(24)37-33(32)36/h1-19H. The molecule has 0 saturated heterocycles. The molecule has 0 bridgehead atoms. The van der Waals surface area contributed by atoms with Crippen molar-refractivity contribution in [3.63, 3.8) is 0 Å². The Hall–Kier alpha value is -5.27. The van der Waals surface area contributed by atoms with Gasteiger partial charge < -0.3 is 8.98 Å². The zero-order valence-electron chi connectivity index (χ0n) is 19.7. The van der Waals surface area contributed by atoms with Crippen molar-refractivity contribution in [1.82, 2.24) is 9.13 Å². The lowest BCUT2D eigenvalue weighted by Gasteiger charge is -2.14. The van der Waals surface area contributed by atoms with Crippen molar-refractivity contribution in [2.24, 2.45) is 0 Å². The Morgan fingerprint density at radius 3 is 1.68 bits per heavy atom. The van der Waals surface area contributed by atoms with Crippen LogP contribution < -0.4 is 0 Å². The number of benzene rings is 5. The van der Waals surface area contributed by atoms with Gasteiger partial charge in [-0.3, -0.25) is 4.57 Å². The van der Waals surface area contributed by atoms with E-state index < -0.39 is 0 Å². The van der Waals surface area contributed by atoms with Crippen molar-refractivity contribution in [1.29, 1.82) is 5.26 Å². The van der Waals surface area contributed by atoms with Gasteiger partial charge >= 0.3 is 0 Å². The minimum atomic E-state index is 0.595. The summed E-state index contributed by atoms with van der Waals surface area (Å²) in [6.07, 6.45) is 0. The van der Waals surface area contributed by atoms with Gasteiger partial charge in [0.15, 0.2) is 0 Å². The molecular formula is C33H19N3O. The van der Waals surface area contributed by atoms with E-state index in [0.717, 1.165) is 55.4 Å². The number of nitrogens with zero attached hydrogens (tertiary/aromatic N) is 3. The van der Waals surface area contributed by atoms with Gasteiger partial charge in [-0.2, -0.15) is 5.26 Å². The van der Waals surface area contributed by atoms with Gasteiger partial charge in [0.1, 0.15) is 17.2 Å². The van der Waals surface area contributed by atoms with E-state index in [-0.39, 0.29) is 0 Å². The van der Waals surface area contributed by atoms with Crippen LogP contribution in [-0.2, 0) is 0 Å². The number of hydrogen-bond donors (Lipinski definition) is 0. The molecule has 0 fully saturated rings. The van der Waals surface area contributed by atoms with Crippen LogP contribution in [0.15, 0.2) is 120 Å². The van der Waals surface area contributed by atoms with Gasteiger partial charge in [0, 0.05) is 21.5 Å². The molecule has 0 radical (unpaired) electrons. The third-order valence-electron chi connectivity index (χ3n) is 7.39. The maximum Gasteiger partial charge on any atom is 0.213 e. The van der Waals surface area contributed by atoms with Crippen molar-refractivity contribution >= 4 is 54.8 Å². The third kappa shape index (κ3) is 2.60. The van der Waals surface area contributed by atoms with Crippen LogP contribution >= 0.6 is 0 Å². The quantitative estimate of drug-likeness (QED) is 0.253. The van der Waals surface area contributed by atoms with Crippen LogP contribution in [-0.4, -0.2) is 9.13 Å². The minimum absolute atomic E-state index is 0.595. The van der Waals surface area contributed by atoms with Crippen molar-refractivity contribution in [2.45, 2.75) is 0 Å². The second-order valence-corrected chi connectivity index (χ2v) is 9.28. The van der Waals surface area contributed by atoms with Crippen molar-refractivity contribution in [3.05, 3.63) is 121 Å². The number of furan rings is 1. The van der Waals surface area contributed by atoms with E-state index >= 15 is 0 Å². The highest BCUT2D eigenvalue weighted by Gasteiger charge is 2.23. The first-order chi connectivity index (χ1) is 18.3. The zero-order chi connectivity index (χ0) is 24.5. The average Bonchev–Trinajstić information content (AvgIpc) is 3.59. The fourth-order valence-corrected chi connectivity index (χ4v) is 5.88. The Kier molecular flexibility index (Phi) is 3.98. The van der Waals surface area contributed by atoms with Gasteiger partial charge in [0.2, 0.25) is 5.71 Å². The molecule has 5 aromatic carbocycles. The van der Waals surface area contributed by atoms with Crippen LogP contribution in [0.5, 0.6) is 0 Å². The first-order valence-corrected chi connectivity index (χ1v) is 12.3. The molecule has 8 aromatic rings. The Morgan fingerprint density at radius 1 is 0.514 bits per heavy atom. The topological polar surface area (TPSA) is 46.8 Å². The van der Waals surface area contributed by atoms with E-state index in [0.29, 0.717) is 5.56 Å². The number of nitriles is 1. The van der Waals surface area contributed by atoms with E-state index in [2.05, 4.69) is 69.8 Å². The summed E-state index contributed by atoms with van der Waals surface area (Å²) < 4.78 is 10.7. The lowest BCUT2D eigenvalue weighted by Crippen LogP contribution is -2.03. The molecule has 4 nitrogen and oxygen atoms in total. The Labute approximate surface area is 211 Å². The SMILES string of the molecule is N#Cc1c(-n2c3ccccc3c3ccccc32)cccc1-n1c2ccccc2c2c3ccccc3oc21. The van der Waals surface area contributed by atoms with Crippen LogP contribution in [0.2, 0.25) is 0 Å². The molecule has 0 aliphatic carbocycles. The van der Waals surface area contributed by atoms with E-state index in [4.69, 9.17) is 4.42 Å². The molecule has 37 heavy (non-hydrogen) atoms. The third-order valence-corrected chi connectivity index (χ3v) is 7.39. The number of para-hydroxylation sites is 4. The van der Waals surface area contributed by atoms with E-state index in [9.17, 15) is 5.26 Å². The summed E-state index contributed by atoms with van der Waals surface area (Å²) in [6.45, 7) is 0. The molecule has 0 spiro atoms. The van der Waals surface area contributed by atoms with Crippen LogP contribution in [0.4, 0.5) is 0 Å². The number of aromatic nitrogens is 2. The smallest absolute Gasteiger partial charge is 0.213 e. The fourth-order valence-electron chi connectivity index (χ4n) is 5.88. The fraction of sp³-hybridized carbons (Fsp3) is 0. The highest BCUT2D eigenvalue weighted by Crippen LogP contribution is 2.41. The Bertz CT molecular complexity index is 2170. The summed E-state index contributed by atoms with van der Waals surface area (Å²) in [4.78, 5) is 0. The van der Waals surface area contributed by atoms with Gasteiger partial charge in [0.25, 0.3) is 0 Å². The van der Waals surface area contributed by atoms with Crippen LogP contribution in [0.3, 0.4) is 0 Å². The van der Waals surface area contributed by atoms with Crippen molar-refractivity contribution in [2.75, 3.05) is 0 Å².